The van der Waals surface area contributed by atoms with Crippen molar-refractivity contribution in [3.63, 3.8) is 0 Å². The van der Waals surface area contributed by atoms with E-state index in [1.807, 2.05) is 0 Å². The van der Waals surface area contributed by atoms with Crippen LogP contribution in [0, 0.1) is 6.92 Å². The van der Waals surface area contributed by atoms with Gasteiger partial charge < -0.3 is 5.32 Å². The molecule has 2 nitrogen and oxygen atoms in total. The second-order valence-electron chi connectivity index (χ2n) is 7.71. The summed E-state index contributed by atoms with van der Waals surface area (Å²) < 4.78 is 0. The Kier molecular flexibility index (Phi) is 4.05. The fraction of sp³-hybridized carbons (Fsp3) is 0.240. The molecule has 0 fully saturated rings. The molecule has 3 aliphatic rings. The second kappa shape index (κ2) is 6.70. The van der Waals surface area contributed by atoms with E-state index >= 15 is 0 Å². The van der Waals surface area contributed by atoms with Crippen molar-refractivity contribution in [2.24, 2.45) is 0 Å². The van der Waals surface area contributed by atoms with Crippen LogP contribution < -0.4 is 5.32 Å². The molecule has 1 aromatic heterocycles. The van der Waals surface area contributed by atoms with Gasteiger partial charge >= 0.3 is 0 Å². The summed E-state index contributed by atoms with van der Waals surface area (Å²) in [5.41, 5.74) is 10.4. The Morgan fingerprint density at radius 1 is 0.889 bits per heavy atom. The van der Waals surface area contributed by atoms with E-state index in [4.69, 9.17) is 4.98 Å². The van der Waals surface area contributed by atoms with Gasteiger partial charge in [-0.1, -0.05) is 54.2 Å². The summed E-state index contributed by atoms with van der Waals surface area (Å²) >= 11 is 0. The molecular formula is C25H24N2. The Morgan fingerprint density at radius 2 is 1.67 bits per heavy atom. The zero-order valence-corrected chi connectivity index (χ0v) is 15.8. The number of benzene rings is 1. The molecule has 1 heterocycles. The van der Waals surface area contributed by atoms with Crippen LogP contribution in [0.3, 0.4) is 0 Å². The lowest BCUT2D eigenvalue weighted by atomic mass is 9.86. The highest BCUT2D eigenvalue weighted by molar-refractivity contribution is 5.82. The van der Waals surface area contributed by atoms with Crippen molar-refractivity contribution in [3.05, 3.63) is 88.2 Å². The van der Waals surface area contributed by atoms with Gasteiger partial charge in [0.15, 0.2) is 0 Å². The Bertz CT molecular complexity index is 1020. The minimum Gasteiger partial charge on any atom is -0.340 e. The summed E-state index contributed by atoms with van der Waals surface area (Å²) in [7, 11) is 0. The largest absolute Gasteiger partial charge is 0.340 e. The normalized spacial score (nSPS) is 17.2. The highest BCUT2D eigenvalue weighted by Crippen LogP contribution is 2.39. The number of allylic oxidation sites excluding steroid dienone is 7. The lowest BCUT2D eigenvalue weighted by Gasteiger charge is -2.24. The van der Waals surface area contributed by atoms with Gasteiger partial charge in [0, 0.05) is 11.3 Å². The average Bonchev–Trinajstić information content (AvgIpc) is 3.04. The minimum atomic E-state index is 0.951. The lowest BCUT2D eigenvalue weighted by Crippen LogP contribution is -2.13. The van der Waals surface area contributed by atoms with Crippen LogP contribution in [-0.4, -0.2) is 4.98 Å². The fourth-order valence-corrected chi connectivity index (χ4v) is 4.30. The van der Waals surface area contributed by atoms with Crippen LogP contribution in [0.15, 0.2) is 60.2 Å². The number of nitrogens with one attached hydrogen (secondary N) is 1. The summed E-state index contributed by atoms with van der Waals surface area (Å²) in [6.07, 6.45) is 19.0. The van der Waals surface area contributed by atoms with Crippen molar-refractivity contribution in [2.75, 3.05) is 5.32 Å². The van der Waals surface area contributed by atoms with Gasteiger partial charge in [0.2, 0.25) is 0 Å². The van der Waals surface area contributed by atoms with Gasteiger partial charge in [0.05, 0.1) is 5.69 Å². The van der Waals surface area contributed by atoms with E-state index in [0.717, 1.165) is 36.5 Å². The zero-order valence-electron chi connectivity index (χ0n) is 15.8. The fourth-order valence-electron chi connectivity index (χ4n) is 4.30. The standard InChI is InChI=1S/C25H24N2/c1-17-10-13-20(14-11-17)26-25-23-9-5-4-8-21(23)22-15-12-18-6-2-3-7-19(16-18)24(22)27-25/h2-3,6-7,10-15H,4-5,8-9,16H2,1H3,(H,26,27). The predicted octanol–water partition coefficient (Wildman–Crippen LogP) is 6.31. The van der Waals surface area contributed by atoms with Crippen LogP contribution >= 0.6 is 0 Å². The van der Waals surface area contributed by atoms with Crippen molar-refractivity contribution in [1.82, 2.24) is 4.98 Å². The molecule has 0 saturated carbocycles. The molecule has 0 amide bonds. The molecule has 0 saturated heterocycles. The van der Waals surface area contributed by atoms with Gasteiger partial charge in [-0.15, -0.1) is 0 Å². The van der Waals surface area contributed by atoms with Crippen LogP contribution in [0.25, 0.3) is 11.6 Å². The minimum absolute atomic E-state index is 0.951. The molecule has 0 aliphatic heterocycles. The zero-order chi connectivity index (χ0) is 18.2. The van der Waals surface area contributed by atoms with Crippen molar-refractivity contribution in [2.45, 2.75) is 39.0 Å². The third kappa shape index (κ3) is 3.06. The first-order valence-electron chi connectivity index (χ1n) is 9.92. The maximum Gasteiger partial charge on any atom is 0.134 e. The van der Waals surface area contributed by atoms with Crippen molar-refractivity contribution >= 4 is 23.2 Å². The quantitative estimate of drug-likeness (QED) is 0.685. The lowest BCUT2D eigenvalue weighted by molar-refractivity contribution is 0.682. The third-order valence-corrected chi connectivity index (χ3v) is 5.75. The van der Waals surface area contributed by atoms with E-state index in [1.165, 1.54) is 46.2 Å². The van der Waals surface area contributed by atoms with Gasteiger partial charge in [-0.2, -0.15) is 0 Å². The summed E-state index contributed by atoms with van der Waals surface area (Å²) in [5, 5.41) is 3.62. The number of hydrogen-bond donors (Lipinski definition) is 1. The number of rotatable bonds is 2. The number of nitrogens with zero attached hydrogens (tertiary/aromatic N) is 1. The number of hydrogen-bond acceptors (Lipinski definition) is 2. The molecule has 1 N–H and O–H groups in total. The Hall–Kier alpha value is -2.87. The predicted molar refractivity (Wildman–Crippen MR) is 114 cm³/mol. The van der Waals surface area contributed by atoms with Crippen LogP contribution in [0.1, 0.15) is 47.2 Å². The summed E-state index contributed by atoms with van der Waals surface area (Å²) in [6.45, 7) is 2.12. The molecule has 5 rings (SSSR count). The topological polar surface area (TPSA) is 24.9 Å². The van der Waals surface area contributed by atoms with Gasteiger partial charge in [0.1, 0.15) is 5.82 Å². The van der Waals surface area contributed by atoms with Crippen LogP contribution in [-0.2, 0) is 12.8 Å². The highest BCUT2D eigenvalue weighted by Gasteiger charge is 2.24. The molecule has 3 aliphatic carbocycles. The first-order valence-corrected chi connectivity index (χ1v) is 9.92. The van der Waals surface area contributed by atoms with E-state index in [1.54, 1.807) is 0 Å². The van der Waals surface area contributed by atoms with E-state index in [-0.39, 0.29) is 0 Å². The van der Waals surface area contributed by atoms with Gasteiger partial charge in [-0.3, -0.25) is 0 Å². The molecule has 0 spiro atoms. The van der Waals surface area contributed by atoms with Gasteiger partial charge in [-0.25, -0.2) is 4.98 Å². The molecule has 0 unspecified atom stereocenters. The summed E-state index contributed by atoms with van der Waals surface area (Å²) in [6, 6.07) is 8.59. The smallest absolute Gasteiger partial charge is 0.134 e. The Labute approximate surface area is 161 Å². The van der Waals surface area contributed by atoms with Crippen molar-refractivity contribution in [1.29, 1.82) is 0 Å². The number of aromatic nitrogens is 1. The van der Waals surface area contributed by atoms with Gasteiger partial charge in [-0.05, 0) is 73.4 Å². The number of anilines is 2. The SMILES string of the molecule is Cc1ccc(Nc2nc3c(c4c2CCCC4)C=CC2=CC=CC=C3C2)cc1. The Balaban J connectivity index is 1.67. The van der Waals surface area contributed by atoms with Gasteiger partial charge in [0.25, 0.3) is 0 Å². The highest BCUT2D eigenvalue weighted by atomic mass is 15.0. The average molecular weight is 352 g/mol. The molecule has 0 atom stereocenters. The third-order valence-electron chi connectivity index (χ3n) is 5.75. The summed E-state index contributed by atoms with van der Waals surface area (Å²) in [4.78, 5) is 5.17. The molecule has 2 bridgehead atoms. The maximum absolute atomic E-state index is 5.17. The molecule has 2 heteroatoms. The molecule has 27 heavy (non-hydrogen) atoms. The second-order valence-corrected chi connectivity index (χ2v) is 7.71. The van der Waals surface area contributed by atoms with Crippen molar-refractivity contribution < 1.29 is 0 Å². The van der Waals surface area contributed by atoms with Crippen molar-refractivity contribution in [3.8, 4) is 0 Å². The first-order chi connectivity index (χ1) is 13.3. The Morgan fingerprint density at radius 3 is 2.52 bits per heavy atom. The summed E-state index contributed by atoms with van der Waals surface area (Å²) in [5.74, 6) is 1.04. The van der Waals surface area contributed by atoms with Crippen LogP contribution in [0.4, 0.5) is 11.5 Å². The molecule has 0 radical (unpaired) electrons. The maximum atomic E-state index is 5.17. The van der Waals surface area contributed by atoms with E-state index in [2.05, 4.69) is 73.0 Å². The number of fused-ring (bicyclic) bond motifs is 6. The van der Waals surface area contributed by atoms with Crippen LogP contribution in [0.2, 0.25) is 0 Å². The molecule has 134 valence electrons. The first kappa shape index (κ1) is 16.3. The van der Waals surface area contributed by atoms with E-state index < -0.39 is 0 Å². The monoisotopic (exact) mass is 352 g/mol. The molecular weight excluding hydrogens is 328 g/mol. The van der Waals surface area contributed by atoms with E-state index in [0.29, 0.717) is 0 Å². The molecule has 1 aromatic carbocycles. The van der Waals surface area contributed by atoms with E-state index in [9.17, 15) is 0 Å². The van der Waals surface area contributed by atoms with Crippen LogP contribution in [0.5, 0.6) is 0 Å². The number of aryl methyl sites for hydroxylation is 1. The molecule has 2 aromatic rings. The number of pyridine rings is 1.